The van der Waals surface area contributed by atoms with Gasteiger partial charge in [0.25, 0.3) is 0 Å². The molecular formula is C11H19N3O4S2. The third-order valence-electron chi connectivity index (χ3n) is 3.44. The summed E-state index contributed by atoms with van der Waals surface area (Å²) in [5, 5.41) is 4.18. The number of aromatic nitrogens is 2. The lowest BCUT2D eigenvalue weighted by Crippen LogP contribution is -2.36. The van der Waals surface area contributed by atoms with Crippen molar-refractivity contribution in [2.45, 2.75) is 44.7 Å². The Morgan fingerprint density at radius 2 is 2.05 bits per heavy atom. The van der Waals surface area contributed by atoms with Gasteiger partial charge in [-0.2, -0.15) is 5.10 Å². The van der Waals surface area contributed by atoms with Crippen molar-refractivity contribution in [2.75, 3.05) is 11.5 Å². The fraction of sp³-hybridized carbons (Fsp3) is 0.727. The zero-order valence-corrected chi connectivity index (χ0v) is 13.4. The summed E-state index contributed by atoms with van der Waals surface area (Å²) in [7, 11) is -6.86. The number of rotatable bonds is 4. The average Bonchev–Trinajstić information content (AvgIpc) is 2.78. The highest BCUT2D eigenvalue weighted by molar-refractivity contribution is 7.92. The van der Waals surface area contributed by atoms with Gasteiger partial charge >= 0.3 is 0 Å². The number of hydrogen-bond donors (Lipinski definition) is 1. The van der Waals surface area contributed by atoms with E-state index in [2.05, 4.69) is 9.82 Å². The third-order valence-corrected chi connectivity index (χ3v) is 6.98. The highest BCUT2D eigenvalue weighted by Crippen LogP contribution is 2.21. The normalized spacial score (nSPS) is 22.2. The maximum absolute atomic E-state index is 12.4. The fourth-order valence-electron chi connectivity index (χ4n) is 2.54. The predicted octanol–water partition coefficient (Wildman–Crippen LogP) is -0.0148. The second-order valence-corrected chi connectivity index (χ2v) is 8.92. The van der Waals surface area contributed by atoms with Crippen LogP contribution in [0.5, 0.6) is 0 Å². The van der Waals surface area contributed by atoms with Crippen molar-refractivity contribution in [2.24, 2.45) is 0 Å². The second-order valence-electron chi connectivity index (χ2n) is 5.04. The van der Waals surface area contributed by atoms with Gasteiger partial charge in [-0.1, -0.05) is 0 Å². The molecule has 0 radical (unpaired) electrons. The van der Waals surface area contributed by atoms with Crippen LogP contribution in [0, 0.1) is 13.8 Å². The molecule has 0 bridgehead atoms. The van der Waals surface area contributed by atoms with E-state index in [-0.39, 0.29) is 16.4 Å². The van der Waals surface area contributed by atoms with Gasteiger partial charge in [-0.3, -0.25) is 4.68 Å². The van der Waals surface area contributed by atoms with E-state index in [4.69, 9.17) is 0 Å². The molecular weight excluding hydrogens is 302 g/mol. The van der Waals surface area contributed by atoms with Crippen LogP contribution < -0.4 is 4.72 Å². The molecule has 0 amide bonds. The van der Waals surface area contributed by atoms with Gasteiger partial charge in [0, 0.05) is 12.6 Å². The number of sulfone groups is 1. The Morgan fingerprint density at radius 1 is 1.40 bits per heavy atom. The molecule has 0 spiro atoms. The Morgan fingerprint density at radius 3 is 2.50 bits per heavy atom. The van der Waals surface area contributed by atoms with Crippen molar-refractivity contribution >= 4 is 19.9 Å². The molecule has 1 unspecified atom stereocenters. The third kappa shape index (κ3) is 2.89. The van der Waals surface area contributed by atoms with E-state index >= 15 is 0 Å². The molecule has 1 aromatic heterocycles. The maximum atomic E-state index is 12.4. The predicted molar refractivity (Wildman–Crippen MR) is 74.8 cm³/mol. The van der Waals surface area contributed by atoms with Crippen LogP contribution in [-0.2, 0) is 26.4 Å². The zero-order chi connectivity index (χ0) is 15.1. The molecule has 9 heteroatoms. The van der Waals surface area contributed by atoms with Crippen LogP contribution in [0.4, 0.5) is 0 Å². The molecule has 0 aliphatic carbocycles. The molecule has 1 aromatic rings. The second kappa shape index (κ2) is 5.12. The minimum Gasteiger partial charge on any atom is -0.268 e. The van der Waals surface area contributed by atoms with Crippen LogP contribution in [0.2, 0.25) is 0 Å². The molecule has 2 heterocycles. The molecule has 1 fully saturated rings. The van der Waals surface area contributed by atoms with Crippen molar-refractivity contribution < 1.29 is 16.8 Å². The number of aryl methyl sites for hydroxylation is 2. The zero-order valence-electron chi connectivity index (χ0n) is 11.7. The molecule has 0 aromatic carbocycles. The Labute approximate surface area is 119 Å². The highest BCUT2D eigenvalue weighted by atomic mass is 32.2. The Bertz CT molecular complexity index is 719. The van der Waals surface area contributed by atoms with E-state index in [1.165, 1.54) is 0 Å². The minimum absolute atomic E-state index is 0.0341. The fourth-order valence-corrected chi connectivity index (χ4v) is 6.00. The van der Waals surface area contributed by atoms with Gasteiger partial charge in [-0.25, -0.2) is 21.6 Å². The molecule has 1 saturated heterocycles. The standard InChI is InChI=1S/C11H19N3O4S2/c1-4-14-9(3)11(8(2)12-14)20(17,18)13-10-5-6-19(15,16)7-10/h10,13H,4-7H2,1-3H3. The lowest BCUT2D eigenvalue weighted by atomic mass is 10.3. The Balaban J connectivity index is 2.30. The highest BCUT2D eigenvalue weighted by Gasteiger charge is 2.33. The molecule has 1 aliphatic rings. The summed E-state index contributed by atoms with van der Waals surface area (Å²) in [6.45, 7) is 5.80. The quantitative estimate of drug-likeness (QED) is 0.841. The smallest absolute Gasteiger partial charge is 0.244 e. The van der Waals surface area contributed by atoms with Crippen molar-refractivity contribution in [1.29, 1.82) is 0 Å². The van der Waals surface area contributed by atoms with Crippen molar-refractivity contribution in [3.63, 3.8) is 0 Å². The number of nitrogens with zero attached hydrogens (tertiary/aromatic N) is 2. The summed E-state index contributed by atoms with van der Waals surface area (Å²) in [6.07, 6.45) is 0.321. The van der Waals surface area contributed by atoms with Gasteiger partial charge in [0.2, 0.25) is 10.0 Å². The lowest BCUT2D eigenvalue weighted by molar-refractivity contribution is 0.560. The van der Waals surface area contributed by atoms with Gasteiger partial charge in [-0.15, -0.1) is 0 Å². The van der Waals surface area contributed by atoms with Crippen LogP contribution in [0.25, 0.3) is 0 Å². The van der Waals surface area contributed by atoms with E-state index in [9.17, 15) is 16.8 Å². The number of hydrogen-bond acceptors (Lipinski definition) is 5. The molecule has 20 heavy (non-hydrogen) atoms. The van der Waals surface area contributed by atoms with Gasteiger partial charge < -0.3 is 0 Å². The summed E-state index contributed by atoms with van der Waals surface area (Å²) in [6, 6.07) is -0.547. The maximum Gasteiger partial charge on any atom is 0.244 e. The minimum atomic E-state index is -3.74. The van der Waals surface area contributed by atoms with Crippen LogP contribution in [0.1, 0.15) is 24.7 Å². The van der Waals surface area contributed by atoms with E-state index in [1.807, 2.05) is 6.92 Å². The molecule has 7 nitrogen and oxygen atoms in total. The SMILES string of the molecule is CCn1nc(C)c(S(=O)(=O)NC2CCS(=O)(=O)C2)c1C. The summed E-state index contributed by atoms with van der Waals surface area (Å²) in [5.41, 5.74) is 0.996. The average molecular weight is 321 g/mol. The van der Waals surface area contributed by atoms with Gasteiger partial charge in [-0.05, 0) is 27.2 Å². The Hall–Kier alpha value is -0.930. The monoisotopic (exact) mass is 321 g/mol. The first-order valence-electron chi connectivity index (χ1n) is 6.43. The first-order valence-corrected chi connectivity index (χ1v) is 9.73. The van der Waals surface area contributed by atoms with Crippen LogP contribution in [-0.4, -0.2) is 44.2 Å². The van der Waals surface area contributed by atoms with Gasteiger partial charge in [0.1, 0.15) is 4.90 Å². The van der Waals surface area contributed by atoms with Crippen molar-refractivity contribution in [3.05, 3.63) is 11.4 Å². The van der Waals surface area contributed by atoms with E-state index in [1.54, 1.807) is 18.5 Å². The molecule has 1 aliphatic heterocycles. The van der Waals surface area contributed by atoms with E-state index in [0.29, 0.717) is 24.4 Å². The van der Waals surface area contributed by atoms with Crippen molar-refractivity contribution in [3.8, 4) is 0 Å². The molecule has 2 rings (SSSR count). The first kappa shape index (κ1) is 15.5. The van der Waals surface area contributed by atoms with Gasteiger partial charge in [0.15, 0.2) is 9.84 Å². The molecule has 1 N–H and O–H groups in total. The lowest BCUT2D eigenvalue weighted by Gasteiger charge is -2.12. The van der Waals surface area contributed by atoms with Gasteiger partial charge in [0.05, 0.1) is 22.9 Å². The molecule has 0 saturated carbocycles. The summed E-state index contributed by atoms with van der Waals surface area (Å²) in [5.74, 6) is -0.0986. The summed E-state index contributed by atoms with van der Waals surface area (Å²) < 4.78 is 51.7. The van der Waals surface area contributed by atoms with Crippen molar-refractivity contribution in [1.82, 2.24) is 14.5 Å². The van der Waals surface area contributed by atoms with E-state index in [0.717, 1.165) is 0 Å². The topological polar surface area (TPSA) is 98.1 Å². The van der Waals surface area contributed by atoms with Crippen LogP contribution in [0.15, 0.2) is 4.90 Å². The van der Waals surface area contributed by atoms with E-state index < -0.39 is 25.9 Å². The molecule has 114 valence electrons. The molecule has 1 atom stereocenters. The largest absolute Gasteiger partial charge is 0.268 e. The van der Waals surface area contributed by atoms with Crippen LogP contribution >= 0.6 is 0 Å². The van der Waals surface area contributed by atoms with Crippen LogP contribution in [0.3, 0.4) is 0 Å². The Kier molecular flexibility index (Phi) is 3.96. The summed E-state index contributed by atoms with van der Waals surface area (Å²) in [4.78, 5) is 0.156. The number of nitrogens with one attached hydrogen (secondary N) is 1. The summed E-state index contributed by atoms with van der Waals surface area (Å²) >= 11 is 0. The number of sulfonamides is 1. The first-order chi connectivity index (χ1) is 9.16.